The third-order valence-electron chi connectivity index (χ3n) is 1.88. The molecule has 0 bridgehead atoms. The maximum absolute atomic E-state index is 12.5. The molecule has 0 aliphatic rings. The number of halogens is 4. The van der Waals surface area contributed by atoms with Gasteiger partial charge in [-0.3, -0.25) is 0 Å². The molecule has 0 aliphatic heterocycles. The Morgan fingerprint density at radius 2 is 2.07 bits per heavy atom. The molecule has 2 aromatic rings. The quantitative estimate of drug-likeness (QED) is 0.674. The molecule has 0 saturated carbocycles. The summed E-state index contributed by atoms with van der Waals surface area (Å²) in [6, 6.07) is 3.33. The SMILES string of the molecule is FC(F)c1csc2cc(Cl)c(Br)cc12. The van der Waals surface area contributed by atoms with Gasteiger partial charge in [0.2, 0.25) is 0 Å². The van der Waals surface area contributed by atoms with Gasteiger partial charge in [-0.2, -0.15) is 0 Å². The molecule has 1 aromatic heterocycles. The van der Waals surface area contributed by atoms with Crippen molar-refractivity contribution in [3.63, 3.8) is 0 Å². The van der Waals surface area contributed by atoms with E-state index in [9.17, 15) is 8.78 Å². The minimum Gasteiger partial charge on any atom is -0.205 e. The Hall–Kier alpha value is -0.190. The first-order valence-corrected chi connectivity index (χ1v) is 5.79. The van der Waals surface area contributed by atoms with Crippen LogP contribution in [0.5, 0.6) is 0 Å². The fraction of sp³-hybridized carbons (Fsp3) is 0.111. The van der Waals surface area contributed by atoms with E-state index in [0.29, 0.717) is 14.9 Å². The van der Waals surface area contributed by atoms with Gasteiger partial charge in [-0.25, -0.2) is 8.78 Å². The molecule has 5 heteroatoms. The van der Waals surface area contributed by atoms with E-state index in [1.165, 1.54) is 16.7 Å². The third kappa shape index (κ3) is 1.66. The van der Waals surface area contributed by atoms with Gasteiger partial charge < -0.3 is 0 Å². The van der Waals surface area contributed by atoms with Gasteiger partial charge in [-0.05, 0) is 28.1 Å². The molecule has 0 radical (unpaired) electrons. The lowest BCUT2D eigenvalue weighted by Gasteiger charge is -1.99. The predicted molar refractivity (Wildman–Crippen MR) is 59.5 cm³/mol. The second kappa shape index (κ2) is 3.76. The van der Waals surface area contributed by atoms with Crippen LogP contribution in [0.15, 0.2) is 22.0 Å². The normalized spacial score (nSPS) is 11.5. The molecule has 0 spiro atoms. The van der Waals surface area contributed by atoms with E-state index in [0.717, 1.165) is 4.70 Å². The summed E-state index contributed by atoms with van der Waals surface area (Å²) < 4.78 is 26.5. The first-order valence-electron chi connectivity index (χ1n) is 3.74. The first-order chi connectivity index (χ1) is 6.59. The Morgan fingerprint density at radius 1 is 1.36 bits per heavy atom. The van der Waals surface area contributed by atoms with Crippen molar-refractivity contribution in [2.75, 3.05) is 0 Å². The monoisotopic (exact) mass is 296 g/mol. The van der Waals surface area contributed by atoms with Gasteiger partial charge in [0, 0.05) is 25.5 Å². The molecule has 0 nitrogen and oxygen atoms in total. The number of fused-ring (bicyclic) bond motifs is 1. The van der Waals surface area contributed by atoms with E-state index in [2.05, 4.69) is 15.9 Å². The molecule has 0 atom stereocenters. The number of hydrogen-bond donors (Lipinski definition) is 0. The molecule has 0 aliphatic carbocycles. The molecule has 0 unspecified atom stereocenters. The van der Waals surface area contributed by atoms with Crippen LogP contribution in [0.1, 0.15) is 12.0 Å². The zero-order chi connectivity index (χ0) is 10.3. The lowest BCUT2D eigenvalue weighted by Crippen LogP contribution is -1.80. The van der Waals surface area contributed by atoms with Crippen molar-refractivity contribution in [3.05, 3.63) is 32.6 Å². The van der Waals surface area contributed by atoms with Gasteiger partial charge in [-0.1, -0.05) is 11.6 Å². The lowest BCUT2D eigenvalue weighted by molar-refractivity contribution is 0.153. The molecule has 0 amide bonds. The first kappa shape index (κ1) is 10.3. The smallest absolute Gasteiger partial charge is 0.205 e. The van der Waals surface area contributed by atoms with Crippen LogP contribution in [0, 0.1) is 0 Å². The summed E-state index contributed by atoms with van der Waals surface area (Å²) in [5.74, 6) is 0. The highest BCUT2D eigenvalue weighted by Crippen LogP contribution is 2.37. The van der Waals surface area contributed by atoms with Gasteiger partial charge in [0.25, 0.3) is 6.43 Å². The molecule has 14 heavy (non-hydrogen) atoms. The van der Waals surface area contributed by atoms with E-state index in [1.807, 2.05) is 0 Å². The Kier molecular flexibility index (Phi) is 2.77. The summed E-state index contributed by atoms with van der Waals surface area (Å²) >= 11 is 10.3. The van der Waals surface area contributed by atoms with E-state index in [1.54, 1.807) is 12.1 Å². The van der Waals surface area contributed by atoms with Gasteiger partial charge >= 0.3 is 0 Å². The van der Waals surface area contributed by atoms with Crippen molar-refractivity contribution in [3.8, 4) is 0 Å². The largest absolute Gasteiger partial charge is 0.265 e. The average molecular weight is 298 g/mol. The Balaban J connectivity index is 2.74. The van der Waals surface area contributed by atoms with Crippen molar-refractivity contribution in [2.45, 2.75) is 6.43 Å². The van der Waals surface area contributed by atoms with Crippen molar-refractivity contribution in [1.29, 1.82) is 0 Å². The van der Waals surface area contributed by atoms with Crippen LogP contribution in [0.2, 0.25) is 5.02 Å². The Labute approximate surface area is 96.6 Å². The highest BCUT2D eigenvalue weighted by atomic mass is 79.9. The summed E-state index contributed by atoms with van der Waals surface area (Å²) in [5, 5.41) is 2.58. The van der Waals surface area contributed by atoms with Crippen molar-refractivity contribution in [2.24, 2.45) is 0 Å². The van der Waals surface area contributed by atoms with Gasteiger partial charge in [0.15, 0.2) is 0 Å². The number of rotatable bonds is 1. The van der Waals surface area contributed by atoms with Crippen LogP contribution in [0.3, 0.4) is 0 Å². The third-order valence-corrected chi connectivity index (χ3v) is 4.04. The number of benzene rings is 1. The van der Waals surface area contributed by atoms with E-state index < -0.39 is 6.43 Å². The van der Waals surface area contributed by atoms with Crippen LogP contribution in [0.25, 0.3) is 10.1 Å². The molecular weight excluding hydrogens is 294 g/mol. The minimum atomic E-state index is -2.43. The molecule has 74 valence electrons. The molecule has 1 aromatic carbocycles. The van der Waals surface area contributed by atoms with E-state index in [-0.39, 0.29) is 5.56 Å². The van der Waals surface area contributed by atoms with Crippen molar-refractivity contribution >= 4 is 49.0 Å². The second-order valence-electron chi connectivity index (χ2n) is 2.75. The van der Waals surface area contributed by atoms with Crippen molar-refractivity contribution in [1.82, 2.24) is 0 Å². The zero-order valence-electron chi connectivity index (χ0n) is 6.73. The molecule has 0 saturated heterocycles. The number of hydrogen-bond acceptors (Lipinski definition) is 1. The zero-order valence-corrected chi connectivity index (χ0v) is 9.89. The van der Waals surface area contributed by atoms with E-state index >= 15 is 0 Å². The maximum atomic E-state index is 12.5. The van der Waals surface area contributed by atoms with Crippen molar-refractivity contribution < 1.29 is 8.78 Å². The number of alkyl halides is 2. The fourth-order valence-electron chi connectivity index (χ4n) is 1.21. The molecule has 0 N–H and O–H groups in total. The molecule has 0 fully saturated rings. The molecule has 2 rings (SSSR count). The topological polar surface area (TPSA) is 0 Å². The standard InChI is InChI=1S/C9H4BrClF2S/c10-6-1-4-5(9(12)13)3-14-8(4)2-7(6)11/h1-3,9H. The maximum Gasteiger partial charge on any atom is 0.265 e. The predicted octanol–water partition coefficient (Wildman–Crippen LogP) is 5.25. The molecule has 1 heterocycles. The van der Waals surface area contributed by atoms with Gasteiger partial charge in [0.05, 0.1) is 5.02 Å². The Bertz CT molecular complexity index is 481. The number of thiophene rings is 1. The summed E-state index contributed by atoms with van der Waals surface area (Å²) in [7, 11) is 0. The highest BCUT2D eigenvalue weighted by molar-refractivity contribution is 9.10. The second-order valence-corrected chi connectivity index (χ2v) is 4.93. The molecular formula is C9H4BrClF2S. The lowest BCUT2D eigenvalue weighted by atomic mass is 10.2. The van der Waals surface area contributed by atoms with Crippen LogP contribution in [-0.2, 0) is 0 Å². The summed E-state index contributed by atoms with van der Waals surface area (Å²) in [4.78, 5) is 0. The van der Waals surface area contributed by atoms with Gasteiger partial charge in [0.1, 0.15) is 0 Å². The van der Waals surface area contributed by atoms with Gasteiger partial charge in [-0.15, -0.1) is 11.3 Å². The van der Waals surface area contributed by atoms with Crippen LogP contribution < -0.4 is 0 Å². The van der Waals surface area contributed by atoms with Crippen LogP contribution in [0.4, 0.5) is 8.78 Å². The highest BCUT2D eigenvalue weighted by Gasteiger charge is 2.14. The average Bonchev–Trinajstić information content (AvgIpc) is 2.48. The fourth-order valence-corrected chi connectivity index (χ4v) is 2.76. The van der Waals surface area contributed by atoms with Crippen LogP contribution >= 0.6 is 38.9 Å². The summed E-state index contributed by atoms with van der Waals surface area (Å²) in [6.07, 6.45) is -2.43. The summed E-state index contributed by atoms with van der Waals surface area (Å²) in [5.41, 5.74) is 0.0716. The van der Waals surface area contributed by atoms with Crippen LogP contribution in [-0.4, -0.2) is 0 Å². The minimum absolute atomic E-state index is 0.0716. The Morgan fingerprint density at radius 3 is 2.71 bits per heavy atom. The van der Waals surface area contributed by atoms with E-state index in [4.69, 9.17) is 11.6 Å². The summed E-state index contributed by atoms with van der Waals surface area (Å²) in [6.45, 7) is 0.